The van der Waals surface area contributed by atoms with Crippen LogP contribution in [0.5, 0.6) is 0 Å². The molecule has 1 saturated heterocycles. The molecule has 2 aliphatic rings. The van der Waals surface area contributed by atoms with Gasteiger partial charge in [0.1, 0.15) is 0 Å². The lowest BCUT2D eigenvalue weighted by Crippen LogP contribution is -2.48. The van der Waals surface area contributed by atoms with Crippen molar-refractivity contribution >= 4 is 11.8 Å². The lowest BCUT2D eigenvalue weighted by Gasteiger charge is -2.18. The highest BCUT2D eigenvalue weighted by atomic mass is 16.5. The second-order valence-electron chi connectivity index (χ2n) is 4.59. The summed E-state index contributed by atoms with van der Waals surface area (Å²) in [5.74, 6) is -0.633. The summed E-state index contributed by atoms with van der Waals surface area (Å²) in [5.41, 5.74) is 5.24. The molecule has 0 aromatic heterocycles. The number of hydrogen-bond acceptors (Lipinski definition) is 4. The van der Waals surface area contributed by atoms with Crippen LogP contribution < -0.4 is 16.4 Å². The van der Waals surface area contributed by atoms with Crippen molar-refractivity contribution in [1.82, 2.24) is 10.6 Å². The molecular weight excluding hydrogens is 222 g/mol. The van der Waals surface area contributed by atoms with E-state index in [4.69, 9.17) is 10.5 Å². The number of ether oxygens (including phenoxy) is 1. The Bertz CT molecular complexity index is 304. The van der Waals surface area contributed by atoms with E-state index in [9.17, 15) is 9.59 Å². The molecule has 2 amide bonds. The van der Waals surface area contributed by atoms with Crippen molar-refractivity contribution in [3.8, 4) is 0 Å². The van der Waals surface area contributed by atoms with Crippen LogP contribution in [0.15, 0.2) is 0 Å². The topological polar surface area (TPSA) is 93.5 Å². The first kappa shape index (κ1) is 12.3. The van der Waals surface area contributed by atoms with Crippen molar-refractivity contribution in [2.24, 2.45) is 11.7 Å². The van der Waals surface area contributed by atoms with E-state index >= 15 is 0 Å². The van der Waals surface area contributed by atoms with E-state index < -0.39 is 11.8 Å². The van der Waals surface area contributed by atoms with Gasteiger partial charge in [-0.25, -0.2) is 0 Å². The minimum absolute atomic E-state index is 0.0152. The maximum absolute atomic E-state index is 11.6. The quantitative estimate of drug-likeness (QED) is 0.536. The molecule has 0 aromatic rings. The number of nitrogens with two attached hydrogens (primary N) is 1. The molecule has 6 heteroatoms. The molecule has 2 unspecified atom stereocenters. The molecule has 1 saturated carbocycles. The van der Waals surface area contributed by atoms with Crippen LogP contribution in [0.3, 0.4) is 0 Å². The number of carbonyl (C=O) groups excluding carboxylic acids is 2. The highest BCUT2D eigenvalue weighted by Gasteiger charge is 2.41. The van der Waals surface area contributed by atoms with Crippen LogP contribution >= 0.6 is 0 Å². The fourth-order valence-electron chi connectivity index (χ4n) is 2.16. The van der Waals surface area contributed by atoms with Crippen molar-refractivity contribution in [1.29, 1.82) is 0 Å². The second kappa shape index (κ2) is 5.46. The summed E-state index contributed by atoms with van der Waals surface area (Å²) in [4.78, 5) is 22.9. The Labute approximate surface area is 100 Å². The van der Waals surface area contributed by atoms with Crippen molar-refractivity contribution < 1.29 is 14.3 Å². The molecule has 1 aliphatic carbocycles. The van der Waals surface area contributed by atoms with E-state index in [1.807, 2.05) is 0 Å². The Morgan fingerprint density at radius 1 is 1.24 bits per heavy atom. The summed E-state index contributed by atoms with van der Waals surface area (Å²) >= 11 is 0. The Balaban J connectivity index is 1.78. The smallest absolute Gasteiger partial charge is 0.309 e. The molecule has 4 N–H and O–H groups in total. The van der Waals surface area contributed by atoms with E-state index in [0.29, 0.717) is 25.6 Å². The molecule has 2 rings (SSSR count). The molecule has 2 atom stereocenters. The Hall–Kier alpha value is -1.14. The normalized spacial score (nSPS) is 27.8. The number of hydrogen-bond donors (Lipinski definition) is 3. The molecule has 0 aromatic carbocycles. The molecule has 0 bridgehead atoms. The van der Waals surface area contributed by atoms with Gasteiger partial charge in [0.15, 0.2) is 0 Å². The maximum Gasteiger partial charge on any atom is 0.309 e. The highest BCUT2D eigenvalue weighted by Crippen LogP contribution is 2.38. The van der Waals surface area contributed by atoms with Gasteiger partial charge in [0.25, 0.3) is 0 Å². The van der Waals surface area contributed by atoms with Gasteiger partial charge in [-0.05, 0) is 25.2 Å². The average Bonchev–Trinajstić information content (AvgIpc) is 3.07. The molecule has 96 valence electrons. The van der Waals surface area contributed by atoms with Crippen LogP contribution in [0.25, 0.3) is 0 Å². The third kappa shape index (κ3) is 3.17. The summed E-state index contributed by atoms with van der Waals surface area (Å²) in [6, 6.07) is -0.0152. The number of nitrogens with one attached hydrogen (secondary N) is 2. The van der Waals surface area contributed by atoms with Gasteiger partial charge in [0.2, 0.25) is 0 Å². The van der Waals surface area contributed by atoms with E-state index in [1.54, 1.807) is 0 Å². The fourth-order valence-corrected chi connectivity index (χ4v) is 2.16. The van der Waals surface area contributed by atoms with E-state index in [0.717, 1.165) is 19.3 Å². The predicted octanol–water partition coefficient (Wildman–Crippen LogP) is -1.25. The van der Waals surface area contributed by atoms with Crippen molar-refractivity contribution in [3.63, 3.8) is 0 Å². The summed E-state index contributed by atoms with van der Waals surface area (Å²) in [6.07, 6.45) is 3.21. The van der Waals surface area contributed by atoms with Gasteiger partial charge in [-0.1, -0.05) is 0 Å². The molecule has 1 heterocycles. The van der Waals surface area contributed by atoms with E-state index in [-0.39, 0.29) is 12.1 Å². The Morgan fingerprint density at radius 3 is 2.65 bits per heavy atom. The van der Waals surface area contributed by atoms with Gasteiger partial charge in [-0.15, -0.1) is 0 Å². The molecule has 0 radical (unpaired) electrons. The van der Waals surface area contributed by atoms with Gasteiger partial charge >= 0.3 is 11.8 Å². The summed E-state index contributed by atoms with van der Waals surface area (Å²) < 4.78 is 5.58. The zero-order valence-electron chi connectivity index (χ0n) is 9.78. The van der Waals surface area contributed by atoms with E-state index in [2.05, 4.69) is 10.6 Å². The predicted molar refractivity (Wildman–Crippen MR) is 61.1 cm³/mol. The molecule has 6 nitrogen and oxygen atoms in total. The van der Waals surface area contributed by atoms with Gasteiger partial charge in [0, 0.05) is 19.7 Å². The van der Waals surface area contributed by atoms with Crippen LogP contribution in [0.1, 0.15) is 19.3 Å². The standard InChI is InChI=1S/C11H19N3O3/c12-4-5-13-10(15)11(16)14-8-3-6-17-9(8)7-1-2-7/h7-9H,1-6,12H2,(H,13,15)(H,14,16). The first-order chi connectivity index (χ1) is 8.22. The molecular formula is C11H19N3O3. The average molecular weight is 241 g/mol. The van der Waals surface area contributed by atoms with Crippen LogP contribution in [-0.4, -0.2) is 43.7 Å². The van der Waals surface area contributed by atoms with Crippen molar-refractivity contribution in [3.05, 3.63) is 0 Å². The van der Waals surface area contributed by atoms with Crippen LogP contribution in [0.2, 0.25) is 0 Å². The Morgan fingerprint density at radius 2 is 2.00 bits per heavy atom. The molecule has 1 aliphatic heterocycles. The summed E-state index contributed by atoms with van der Waals surface area (Å²) in [5, 5.41) is 5.19. The number of amides is 2. The molecule has 0 spiro atoms. The first-order valence-corrected chi connectivity index (χ1v) is 6.12. The van der Waals surface area contributed by atoms with Gasteiger partial charge in [-0.2, -0.15) is 0 Å². The fraction of sp³-hybridized carbons (Fsp3) is 0.818. The number of rotatable bonds is 4. The SMILES string of the molecule is NCCNC(=O)C(=O)NC1CCOC1C1CC1. The summed E-state index contributed by atoms with van der Waals surface area (Å²) in [6.45, 7) is 1.31. The lowest BCUT2D eigenvalue weighted by molar-refractivity contribution is -0.139. The third-order valence-electron chi connectivity index (χ3n) is 3.17. The highest BCUT2D eigenvalue weighted by molar-refractivity contribution is 6.35. The van der Waals surface area contributed by atoms with Gasteiger partial charge in [0.05, 0.1) is 12.1 Å². The van der Waals surface area contributed by atoms with E-state index in [1.165, 1.54) is 0 Å². The van der Waals surface area contributed by atoms with Crippen LogP contribution in [0, 0.1) is 5.92 Å². The zero-order chi connectivity index (χ0) is 12.3. The zero-order valence-corrected chi connectivity index (χ0v) is 9.78. The van der Waals surface area contributed by atoms with Gasteiger partial charge in [-0.3, -0.25) is 9.59 Å². The first-order valence-electron chi connectivity index (χ1n) is 6.12. The molecule has 2 fully saturated rings. The monoisotopic (exact) mass is 241 g/mol. The largest absolute Gasteiger partial charge is 0.376 e. The van der Waals surface area contributed by atoms with Crippen molar-refractivity contribution in [2.45, 2.75) is 31.4 Å². The second-order valence-corrected chi connectivity index (χ2v) is 4.59. The Kier molecular flexibility index (Phi) is 3.96. The van der Waals surface area contributed by atoms with Gasteiger partial charge < -0.3 is 21.1 Å². The minimum Gasteiger partial charge on any atom is -0.376 e. The maximum atomic E-state index is 11.6. The summed E-state index contributed by atoms with van der Waals surface area (Å²) in [7, 11) is 0. The third-order valence-corrected chi connectivity index (χ3v) is 3.17. The van der Waals surface area contributed by atoms with Crippen LogP contribution in [-0.2, 0) is 14.3 Å². The lowest BCUT2D eigenvalue weighted by atomic mass is 10.1. The van der Waals surface area contributed by atoms with Crippen molar-refractivity contribution in [2.75, 3.05) is 19.7 Å². The van der Waals surface area contributed by atoms with Crippen LogP contribution in [0.4, 0.5) is 0 Å². The molecule has 17 heavy (non-hydrogen) atoms. The minimum atomic E-state index is -0.614. The number of carbonyl (C=O) groups is 2.